The molecule has 1 aliphatic rings. The molecule has 1 saturated heterocycles. The van der Waals surface area contributed by atoms with E-state index < -0.39 is 5.91 Å². The van der Waals surface area contributed by atoms with Gasteiger partial charge in [0.2, 0.25) is 5.12 Å². The summed E-state index contributed by atoms with van der Waals surface area (Å²) in [4.78, 5) is 23.2. The van der Waals surface area contributed by atoms with Gasteiger partial charge in [0.15, 0.2) is 0 Å². The van der Waals surface area contributed by atoms with Gasteiger partial charge in [-0.3, -0.25) is 9.59 Å². The van der Waals surface area contributed by atoms with Gasteiger partial charge in [-0.25, -0.2) is 0 Å². The number of hydrogen-bond donors (Lipinski definition) is 1. The minimum Gasteiger partial charge on any atom is -0.321 e. The third-order valence-corrected chi connectivity index (χ3v) is 4.80. The van der Waals surface area contributed by atoms with Crippen molar-refractivity contribution in [3.8, 4) is 6.07 Å². The lowest BCUT2D eigenvalue weighted by Gasteiger charge is -2.05. The molecule has 0 bridgehead atoms. The summed E-state index contributed by atoms with van der Waals surface area (Å²) in [5.41, 5.74) is 1.72. The zero-order valence-electron chi connectivity index (χ0n) is 10.1. The van der Waals surface area contributed by atoms with Gasteiger partial charge in [-0.2, -0.15) is 5.26 Å². The molecule has 0 saturated carbocycles. The van der Waals surface area contributed by atoms with Crippen molar-refractivity contribution in [1.29, 1.82) is 5.26 Å². The molecule has 2 rings (SSSR count). The number of nitriles is 1. The fourth-order valence-electron chi connectivity index (χ4n) is 1.43. The lowest BCUT2D eigenvalue weighted by Crippen LogP contribution is -2.14. The SMILES string of the molecule is Cc1ccc(NC(=O)/C(C#N)=C2/SCC(=O)S2)cc1. The molecular weight excluding hydrogens is 280 g/mol. The third-order valence-electron chi connectivity index (χ3n) is 2.38. The van der Waals surface area contributed by atoms with Gasteiger partial charge < -0.3 is 5.32 Å². The van der Waals surface area contributed by atoms with E-state index in [0.29, 0.717) is 15.7 Å². The summed E-state index contributed by atoms with van der Waals surface area (Å²) < 4.78 is 0.483. The topological polar surface area (TPSA) is 70.0 Å². The average molecular weight is 290 g/mol. The number of carbonyl (C=O) groups is 2. The molecule has 1 fully saturated rings. The first-order valence-corrected chi connectivity index (χ1v) is 7.26. The molecule has 1 N–H and O–H groups in total. The molecule has 1 heterocycles. The molecule has 96 valence electrons. The summed E-state index contributed by atoms with van der Waals surface area (Å²) in [6, 6.07) is 9.16. The number of thioether (sulfide) groups is 2. The van der Waals surface area contributed by atoms with Crippen LogP contribution >= 0.6 is 23.5 Å². The Hall–Kier alpha value is -1.71. The number of benzene rings is 1. The van der Waals surface area contributed by atoms with E-state index in [1.807, 2.05) is 25.1 Å². The number of aryl methyl sites for hydroxylation is 1. The molecule has 6 heteroatoms. The number of hydrogen-bond acceptors (Lipinski definition) is 5. The zero-order chi connectivity index (χ0) is 13.8. The van der Waals surface area contributed by atoms with E-state index in [0.717, 1.165) is 17.3 Å². The van der Waals surface area contributed by atoms with Gasteiger partial charge in [0.25, 0.3) is 5.91 Å². The van der Waals surface area contributed by atoms with Crippen molar-refractivity contribution in [3.05, 3.63) is 39.6 Å². The van der Waals surface area contributed by atoms with Gasteiger partial charge in [0.1, 0.15) is 11.6 Å². The van der Waals surface area contributed by atoms with E-state index in [1.54, 1.807) is 12.1 Å². The summed E-state index contributed by atoms with van der Waals surface area (Å²) in [6.07, 6.45) is 0. The zero-order valence-corrected chi connectivity index (χ0v) is 11.7. The molecule has 1 amide bonds. The highest BCUT2D eigenvalue weighted by molar-refractivity contribution is 8.34. The first-order chi connectivity index (χ1) is 9.10. The molecule has 0 aromatic heterocycles. The molecule has 0 spiro atoms. The van der Waals surface area contributed by atoms with Crippen molar-refractivity contribution in [2.24, 2.45) is 0 Å². The van der Waals surface area contributed by atoms with Crippen LogP contribution in [0.2, 0.25) is 0 Å². The van der Waals surface area contributed by atoms with Crippen LogP contribution < -0.4 is 5.32 Å². The first-order valence-electron chi connectivity index (χ1n) is 5.46. The van der Waals surface area contributed by atoms with Crippen LogP contribution in [0.15, 0.2) is 34.1 Å². The predicted molar refractivity (Wildman–Crippen MR) is 77.5 cm³/mol. The number of rotatable bonds is 2. The Morgan fingerprint density at radius 2 is 2.05 bits per heavy atom. The average Bonchev–Trinajstić information content (AvgIpc) is 2.80. The van der Waals surface area contributed by atoms with E-state index in [2.05, 4.69) is 5.32 Å². The van der Waals surface area contributed by atoms with Crippen molar-refractivity contribution in [2.45, 2.75) is 6.92 Å². The van der Waals surface area contributed by atoms with Gasteiger partial charge in [-0.05, 0) is 30.8 Å². The van der Waals surface area contributed by atoms with E-state index in [4.69, 9.17) is 5.26 Å². The Bertz CT molecular complexity index is 600. The second kappa shape index (κ2) is 5.95. The maximum atomic E-state index is 12.0. The molecule has 0 aliphatic carbocycles. The largest absolute Gasteiger partial charge is 0.321 e. The molecule has 1 aromatic carbocycles. The normalized spacial score (nSPS) is 16.9. The fraction of sp³-hybridized carbons (Fsp3) is 0.154. The van der Waals surface area contributed by atoms with Gasteiger partial charge >= 0.3 is 0 Å². The molecule has 1 aromatic rings. The molecule has 0 atom stereocenters. The summed E-state index contributed by atoms with van der Waals surface area (Å²) in [7, 11) is 0. The quantitative estimate of drug-likeness (QED) is 0.670. The summed E-state index contributed by atoms with van der Waals surface area (Å²) >= 11 is 2.19. The first kappa shape index (κ1) is 13.7. The Morgan fingerprint density at radius 1 is 1.37 bits per heavy atom. The Balaban J connectivity index is 2.17. The molecule has 19 heavy (non-hydrogen) atoms. The number of nitrogens with one attached hydrogen (secondary N) is 1. The predicted octanol–water partition coefficient (Wildman–Crippen LogP) is 2.68. The van der Waals surface area contributed by atoms with E-state index in [9.17, 15) is 9.59 Å². The van der Waals surface area contributed by atoms with Crippen LogP contribution in [0.4, 0.5) is 5.69 Å². The van der Waals surface area contributed by atoms with Crippen LogP contribution in [0.25, 0.3) is 0 Å². The molecule has 4 nitrogen and oxygen atoms in total. The van der Waals surface area contributed by atoms with Crippen LogP contribution in [0, 0.1) is 18.3 Å². The lowest BCUT2D eigenvalue weighted by atomic mass is 10.2. The Morgan fingerprint density at radius 3 is 2.58 bits per heavy atom. The number of amides is 1. The van der Waals surface area contributed by atoms with Gasteiger partial charge in [0.05, 0.1) is 9.99 Å². The smallest absolute Gasteiger partial charge is 0.268 e. The van der Waals surface area contributed by atoms with E-state index >= 15 is 0 Å². The molecule has 1 aliphatic heterocycles. The standard InChI is InChI=1S/C13H10N2O2S2/c1-8-2-4-9(5-3-8)15-12(17)10(6-14)13-18-7-11(16)19-13/h2-5H,7H2,1H3,(H,15,17)/b13-10-. The Kier molecular flexibility index (Phi) is 4.30. The van der Waals surface area contributed by atoms with Crippen molar-refractivity contribution in [3.63, 3.8) is 0 Å². The second-order valence-electron chi connectivity index (χ2n) is 3.86. The fourth-order valence-corrected chi connectivity index (χ4v) is 3.51. The molecular formula is C13H10N2O2S2. The molecule has 0 radical (unpaired) electrons. The highest BCUT2D eigenvalue weighted by Gasteiger charge is 2.25. The highest BCUT2D eigenvalue weighted by atomic mass is 32.2. The lowest BCUT2D eigenvalue weighted by molar-refractivity contribution is -0.112. The number of anilines is 1. The summed E-state index contributed by atoms with van der Waals surface area (Å²) in [5, 5.41) is 11.7. The van der Waals surface area contributed by atoms with E-state index in [1.165, 1.54) is 11.8 Å². The minimum absolute atomic E-state index is 0.00132. The van der Waals surface area contributed by atoms with Gasteiger partial charge in [0, 0.05) is 5.69 Å². The van der Waals surface area contributed by atoms with Gasteiger partial charge in [-0.15, -0.1) is 11.8 Å². The summed E-state index contributed by atoms with van der Waals surface area (Å²) in [6.45, 7) is 1.95. The third kappa shape index (κ3) is 3.40. The van der Waals surface area contributed by atoms with Crippen molar-refractivity contribution in [2.75, 3.05) is 11.1 Å². The van der Waals surface area contributed by atoms with Crippen molar-refractivity contribution in [1.82, 2.24) is 0 Å². The van der Waals surface area contributed by atoms with Crippen molar-refractivity contribution < 1.29 is 9.59 Å². The van der Waals surface area contributed by atoms with Crippen LogP contribution in [0.3, 0.4) is 0 Å². The maximum absolute atomic E-state index is 12.0. The van der Waals surface area contributed by atoms with Crippen LogP contribution in [0.1, 0.15) is 5.56 Å². The van der Waals surface area contributed by atoms with Crippen LogP contribution in [-0.2, 0) is 9.59 Å². The van der Waals surface area contributed by atoms with Gasteiger partial charge in [-0.1, -0.05) is 17.7 Å². The summed E-state index contributed by atoms with van der Waals surface area (Å²) in [5.74, 6) is -0.167. The maximum Gasteiger partial charge on any atom is 0.268 e. The molecule has 0 unspecified atom stereocenters. The monoisotopic (exact) mass is 290 g/mol. The number of nitrogens with zero attached hydrogens (tertiary/aromatic N) is 1. The highest BCUT2D eigenvalue weighted by Crippen LogP contribution is 2.39. The van der Waals surface area contributed by atoms with Crippen LogP contribution in [0.5, 0.6) is 0 Å². The Labute approximate surface area is 119 Å². The number of carbonyl (C=O) groups excluding carboxylic acids is 2. The minimum atomic E-state index is -0.476. The van der Waals surface area contributed by atoms with Crippen molar-refractivity contribution >= 4 is 40.2 Å². The second-order valence-corrected chi connectivity index (χ2v) is 6.17. The van der Waals surface area contributed by atoms with Crippen LogP contribution in [-0.4, -0.2) is 16.8 Å². The van der Waals surface area contributed by atoms with E-state index in [-0.39, 0.29) is 10.7 Å².